The summed E-state index contributed by atoms with van der Waals surface area (Å²) in [6, 6.07) is 16.3. The monoisotopic (exact) mass is 461 g/mol. The number of nitriles is 1. The minimum atomic E-state index is -0.764. The molecular weight excluding hydrogens is 442 g/mol. The maximum absolute atomic E-state index is 12.8. The molecule has 2 aromatic carbocycles. The molecule has 3 aromatic rings. The maximum atomic E-state index is 12.8. The summed E-state index contributed by atoms with van der Waals surface area (Å²) in [5.41, 5.74) is 8.10. The molecule has 1 saturated heterocycles. The van der Waals surface area contributed by atoms with E-state index < -0.39 is 6.04 Å². The van der Waals surface area contributed by atoms with Crippen LogP contribution in [0.4, 0.5) is 5.69 Å². The van der Waals surface area contributed by atoms with Crippen LogP contribution in [0.2, 0.25) is 5.02 Å². The molecule has 3 N–H and O–H groups in total. The first-order valence-electron chi connectivity index (χ1n) is 10.2. The van der Waals surface area contributed by atoms with Gasteiger partial charge in [0.1, 0.15) is 6.04 Å². The van der Waals surface area contributed by atoms with Crippen molar-refractivity contribution in [1.29, 1.82) is 5.26 Å². The molecule has 2 heterocycles. The molecule has 2 amide bonds. The van der Waals surface area contributed by atoms with Crippen molar-refractivity contribution in [3.8, 4) is 17.2 Å². The molecule has 1 aliphatic heterocycles. The lowest BCUT2D eigenvalue weighted by Gasteiger charge is -2.16. The highest BCUT2D eigenvalue weighted by atomic mass is 35.5. The van der Waals surface area contributed by atoms with Gasteiger partial charge >= 0.3 is 0 Å². The van der Waals surface area contributed by atoms with Crippen LogP contribution in [0.3, 0.4) is 0 Å². The van der Waals surface area contributed by atoms with E-state index in [1.54, 1.807) is 43.3 Å². The standard InChI is InChI=1S/C24H20ClN5O3/c1-14(24(33)27-19-6-3-15(4-7-19)21-12-22(31)29-28-21)30-9-8-16(10-23(30)32)20-11-18(25)5-2-17(20)13-26/h2-11,14,21,28H,12H2,1H3,(H,27,33)(H,29,31). The Morgan fingerprint density at radius 2 is 1.94 bits per heavy atom. The number of halogens is 1. The first kappa shape index (κ1) is 22.3. The van der Waals surface area contributed by atoms with Crippen LogP contribution < -0.4 is 21.7 Å². The highest BCUT2D eigenvalue weighted by Gasteiger charge is 2.22. The second-order valence-corrected chi connectivity index (χ2v) is 8.14. The third kappa shape index (κ3) is 4.80. The number of hydrogen-bond donors (Lipinski definition) is 3. The fraction of sp³-hybridized carbons (Fsp3) is 0.167. The summed E-state index contributed by atoms with van der Waals surface area (Å²) in [7, 11) is 0. The van der Waals surface area contributed by atoms with Crippen molar-refractivity contribution < 1.29 is 9.59 Å². The number of hydrazine groups is 1. The average Bonchev–Trinajstić information content (AvgIpc) is 3.25. The first-order valence-corrected chi connectivity index (χ1v) is 10.6. The summed E-state index contributed by atoms with van der Waals surface area (Å²) in [4.78, 5) is 36.8. The van der Waals surface area contributed by atoms with E-state index in [-0.39, 0.29) is 23.4 Å². The molecule has 2 atom stereocenters. The Balaban J connectivity index is 1.49. The van der Waals surface area contributed by atoms with E-state index >= 15 is 0 Å². The number of pyridine rings is 1. The number of nitrogens with one attached hydrogen (secondary N) is 3. The highest BCUT2D eigenvalue weighted by Crippen LogP contribution is 2.26. The molecule has 33 heavy (non-hydrogen) atoms. The van der Waals surface area contributed by atoms with E-state index in [1.807, 2.05) is 12.1 Å². The van der Waals surface area contributed by atoms with Crippen LogP contribution in [0, 0.1) is 11.3 Å². The summed E-state index contributed by atoms with van der Waals surface area (Å²) in [5.74, 6) is -0.421. The van der Waals surface area contributed by atoms with Crippen LogP contribution in [-0.4, -0.2) is 16.4 Å². The Morgan fingerprint density at radius 3 is 2.58 bits per heavy atom. The first-order chi connectivity index (χ1) is 15.9. The van der Waals surface area contributed by atoms with Crippen LogP contribution >= 0.6 is 11.6 Å². The molecule has 0 saturated carbocycles. The lowest BCUT2D eigenvalue weighted by Crippen LogP contribution is -2.31. The van der Waals surface area contributed by atoms with E-state index in [0.717, 1.165) is 5.56 Å². The summed E-state index contributed by atoms with van der Waals surface area (Å²) in [5, 5.41) is 12.6. The third-order valence-electron chi connectivity index (χ3n) is 5.51. The molecule has 1 aliphatic rings. The summed E-state index contributed by atoms with van der Waals surface area (Å²) in [6.45, 7) is 1.63. The maximum Gasteiger partial charge on any atom is 0.251 e. The van der Waals surface area contributed by atoms with Gasteiger partial charge in [-0.25, -0.2) is 5.43 Å². The zero-order valence-electron chi connectivity index (χ0n) is 17.6. The quantitative estimate of drug-likeness (QED) is 0.539. The molecule has 0 spiro atoms. The van der Waals surface area contributed by atoms with Crippen molar-refractivity contribution in [3.05, 3.63) is 87.3 Å². The van der Waals surface area contributed by atoms with Crippen molar-refractivity contribution in [2.24, 2.45) is 0 Å². The number of nitrogens with zero attached hydrogens (tertiary/aromatic N) is 2. The molecule has 9 heteroatoms. The second kappa shape index (κ2) is 9.28. The van der Waals surface area contributed by atoms with Crippen molar-refractivity contribution >= 4 is 29.1 Å². The average molecular weight is 462 g/mol. The molecule has 0 radical (unpaired) electrons. The molecule has 0 bridgehead atoms. The Morgan fingerprint density at radius 1 is 1.18 bits per heavy atom. The van der Waals surface area contributed by atoms with E-state index in [4.69, 9.17) is 11.6 Å². The van der Waals surface area contributed by atoms with Crippen molar-refractivity contribution in [2.45, 2.75) is 25.4 Å². The zero-order chi connectivity index (χ0) is 23.5. The van der Waals surface area contributed by atoms with Crippen molar-refractivity contribution in [2.75, 3.05) is 5.32 Å². The number of aromatic nitrogens is 1. The number of benzene rings is 2. The molecular formula is C24H20ClN5O3. The number of rotatable bonds is 5. The lowest BCUT2D eigenvalue weighted by molar-refractivity contribution is -0.120. The zero-order valence-corrected chi connectivity index (χ0v) is 18.4. The minimum absolute atomic E-state index is 0.0677. The van der Waals surface area contributed by atoms with Crippen molar-refractivity contribution in [1.82, 2.24) is 15.4 Å². The van der Waals surface area contributed by atoms with E-state index in [0.29, 0.717) is 33.8 Å². The van der Waals surface area contributed by atoms with Crippen LogP contribution in [0.1, 0.15) is 36.6 Å². The molecule has 166 valence electrons. The topological polar surface area (TPSA) is 116 Å². The van der Waals surface area contributed by atoms with Gasteiger partial charge in [0.05, 0.1) is 17.7 Å². The largest absolute Gasteiger partial charge is 0.324 e. The van der Waals surface area contributed by atoms with Gasteiger partial charge in [0.2, 0.25) is 11.8 Å². The molecule has 4 rings (SSSR count). The van der Waals surface area contributed by atoms with Crippen molar-refractivity contribution in [3.63, 3.8) is 0 Å². The van der Waals surface area contributed by atoms with Gasteiger partial charge in [0, 0.05) is 35.0 Å². The van der Waals surface area contributed by atoms with Gasteiger partial charge in [0.15, 0.2) is 0 Å². The SMILES string of the molecule is CC(C(=O)Nc1ccc(C2CC(=O)NN2)cc1)n1ccc(-c2cc(Cl)ccc2C#N)cc1=O. The van der Waals surface area contributed by atoms with Crippen LogP contribution in [0.5, 0.6) is 0 Å². The van der Waals surface area contributed by atoms with Crippen LogP contribution in [0.15, 0.2) is 65.6 Å². The number of carbonyl (C=O) groups excluding carboxylic acids is 2. The summed E-state index contributed by atoms with van der Waals surface area (Å²) >= 11 is 6.05. The smallest absolute Gasteiger partial charge is 0.251 e. The van der Waals surface area contributed by atoms with E-state index in [2.05, 4.69) is 22.2 Å². The van der Waals surface area contributed by atoms with E-state index in [1.165, 1.54) is 16.8 Å². The number of carbonyl (C=O) groups is 2. The lowest BCUT2D eigenvalue weighted by atomic mass is 10.0. The predicted octanol–water partition coefficient (Wildman–Crippen LogP) is 3.31. The van der Waals surface area contributed by atoms with Crippen LogP contribution in [-0.2, 0) is 9.59 Å². The van der Waals surface area contributed by atoms with Gasteiger partial charge in [-0.15, -0.1) is 0 Å². The molecule has 2 unspecified atom stereocenters. The van der Waals surface area contributed by atoms with Gasteiger partial charge in [-0.3, -0.25) is 19.8 Å². The summed E-state index contributed by atoms with van der Waals surface area (Å²) < 4.78 is 1.32. The van der Waals surface area contributed by atoms with Gasteiger partial charge < -0.3 is 9.88 Å². The fourth-order valence-corrected chi connectivity index (χ4v) is 3.83. The minimum Gasteiger partial charge on any atom is -0.324 e. The second-order valence-electron chi connectivity index (χ2n) is 7.70. The summed E-state index contributed by atoms with van der Waals surface area (Å²) in [6.07, 6.45) is 1.88. The van der Waals surface area contributed by atoms with Gasteiger partial charge in [-0.1, -0.05) is 23.7 Å². The number of hydrogen-bond acceptors (Lipinski definition) is 5. The highest BCUT2D eigenvalue weighted by molar-refractivity contribution is 6.30. The van der Waals surface area contributed by atoms with Crippen LogP contribution in [0.25, 0.3) is 11.1 Å². The molecule has 0 aliphatic carbocycles. The fourth-order valence-electron chi connectivity index (χ4n) is 3.66. The van der Waals surface area contributed by atoms with Gasteiger partial charge in [0.25, 0.3) is 5.56 Å². The predicted molar refractivity (Wildman–Crippen MR) is 124 cm³/mol. The Kier molecular flexibility index (Phi) is 6.27. The van der Waals surface area contributed by atoms with E-state index in [9.17, 15) is 19.6 Å². The number of amides is 2. The Labute approximate surface area is 194 Å². The Hall–Kier alpha value is -3.93. The van der Waals surface area contributed by atoms with Gasteiger partial charge in [-0.2, -0.15) is 5.26 Å². The molecule has 1 aromatic heterocycles. The molecule has 8 nitrogen and oxygen atoms in total. The van der Waals surface area contributed by atoms with Gasteiger partial charge in [-0.05, 0) is 54.4 Å². The number of anilines is 1. The normalized spacial score (nSPS) is 16.0. The Bertz CT molecular complexity index is 1330. The third-order valence-corrected chi connectivity index (χ3v) is 5.75. The molecule has 1 fully saturated rings.